The van der Waals surface area contributed by atoms with Crippen molar-refractivity contribution in [2.75, 3.05) is 7.05 Å². The van der Waals surface area contributed by atoms with E-state index in [1.165, 1.54) is 13.1 Å². The third-order valence-corrected chi connectivity index (χ3v) is 1.33. The first-order valence-corrected chi connectivity index (χ1v) is 3.10. The fourth-order valence-corrected chi connectivity index (χ4v) is 0.783. The monoisotopic (exact) mass is 157 g/mol. The largest absolute Gasteiger partial charge is 0.629 e. The van der Waals surface area contributed by atoms with E-state index in [-0.39, 0.29) is 11.4 Å². The second-order valence-corrected chi connectivity index (χ2v) is 2.22. The van der Waals surface area contributed by atoms with E-state index < -0.39 is 10.9 Å². The predicted octanol–water partition coefficient (Wildman–Crippen LogP) is 0.175. The Morgan fingerprint density at radius 1 is 1.55 bits per heavy atom. The highest BCUT2D eigenvalue weighted by Crippen LogP contribution is 2.15. The number of phenols is 1. The summed E-state index contributed by atoms with van der Waals surface area (Å²) in [5.74, 6) is -0.702. The summed E-state index contributed by atoms with van der Waals surface area (Å²) >= 11 is 0. The maximum absolute atomic E-state index is 12.7. The Morgan fingerprint density at radius 2 is 2.18 bits per heavy atom. The number of hydroxylamine groups is 1. The van der Waals surface area contributed by atoms with E-state index in [1.807, 2.05) is 0 Å². The minimum atomic E-state index is -0.602. The second-order valence-electron chi connectivity index (χ2n) is 2.22. The van der Waals surface area contributed by atoms with Crippen LogP contribution < -0.4 is 5.06 Å². The van der Waals surface area contributed by atoms with Gasteiger partial charge in [0.05, 0.1) is 7.05 Å². The Labute approximate surface area is 63.3 Å². The van der Waals surface area contributed by atoms with Gasteiger partial charge in [0.1, 0.15) is 5.75 Å². The van der Waals surface area contributed by atoms with Crippen molar-refractivity contribution in [3.63, 3.8) is 0 Å². The average Bonchev–Trinajstić information content (AvgIpc) is 1.94. The number of hydrogen-bond donors (Lipinski definition) is 2. The van der Waals surface area contributed by atoms with Gasteiger partial charge in [0.2, 0.25) is 0 Å². The molecule has 0 amide bonds. The standard InChI is InChI=1S/C7H8FNO2/c1-9(11)7-4-5(10)2-3-6(7)8/h2-4,9-10H,1H3. The number of quaternary nitrogens is 1. The zero-order chi connectivity index (χ0) is 8.43. The predicted molar refractivity (Wildman–Crippen MR) is 38.0 cm³/mol. The molecule has 0 aromatic heterocycles. The molecule has 0 radical (unpaired) electrons. The molecule has 1 atom stereocenters. The Kier molecular flexibility index (Phi) is 2.07. The maximum atomic E-state index is 12.7. The molecule has 3 nitrogen and oxygen atoms in total. The molecule has 0 saturated carbocycles. The first-order valence-electron chi connectivity index (χ1n) is 3.10. The van der Waals surface area contributed by atoms with Gasteiger partial charge in [-0.1, -0.05) is 0 Å². The van der Waals surface area contributed by atoms with E-state index in [0.29, 0.717) is 0 Å². The Balaban J connectivity index is 3.13. The third-order valence-electron chi connectivity index (χ3n) is 1.33. The van der Waals surface area contributed by atoms with Gasteiger partial charge in [-0.3, -0.25) is 0 Å². The molecule has 4 heteroatoms. The topological polar surface area (TPSA) is 47.7 Å². The van der Waals surface area contributed by atoms with Crippen LogP contribution in [-0.4, -0.2) is 12.2 Å². The smallest absolute Gasteiger partial charge is 0.184 e. The van der Waals surface area contributed by atoms with Crippen LogP contribution >= 0.6 is 0 Å². The van der Waals surface area contributed by atoms with E-state index in [2.05, 4.69) is 0 Å². The minimum Gasteiger partial charge on any atom is -0.629 e. The Bertz CT molecular complexity index is 263. The minimum absolute atomic E-state index is 0.0787. The summed E-state index contributed by atoms with van der Waals surface area (Å²) in [6, 6.07) is 3.37. The van der Waals surface area contributed by atoms with Crippen molar-refractivity contribution in [1.82, 2.24) is 0 Å². The van der Waals surface area contributed by atoms with Crippen LogP contribution in [0.4, 0.5) is 10.1 Å². The Hall–Kier alpha value is -1.13. The maximum Gasteiger partial charge on any atom is 0.184 e. The molecular formula is C7H8FNO2. The van der Waals surface area contributed by atoms with Crippen molar-refractivity contribution in [2.24, 2.45) is 0 Å². The zero-order valence-electron chi connectivity index (χ0n) is 5.97. The van der Waals surface area contributed by atoms with Crippen LogP contribution in [0, 0.1) is 11.0 Å². The molecule has 1 aromatic carbocycles. The molecule has 1 rings (SSSR count). The van der Waals surface area contributed by atoms with Crippen LogP contribution in [0.3, 0.4) is 0 Å². The third kappa shape index (κ3) is 1.66. The zero-order valence-corrected chi connectivity index (χ0v) is 5.97. The fourth-order valence-electron chi connectivity index (χ4n) is 0.783. The molecule has 1 aromatic rings. The van der Waals surface area contributed by atoms with Crippen molar-refractivity contribution in [3.05, 3.63) is 29.2 Å². The number of aromatic hydroxyl groups is 1. The van der Waals surface area contributed by atoms with Gasteiger partial charge in [0.25, 0.3) is 0 Å². The number of nitrogens with one attached hydrogen (secondary N) is 1. The van der Waals surface area contributed by atoms with Crippen LogP contribution in [0.1, 0.15) is 0 Å². The second kappa shape index (κ2) is 2.86. The van der Waals surface area contributed by atoms with Gasteiger partial charge in [-0.05, 0) is 12.1 Å². The van der Waals surface area contributed by atoms with Crippen LogP contribution in [0.2, 0.25) is 0 Å². The van der Waals surface area contributed by atoms with Crippen molar-refractivity contribution in [3.8, 4) is 5.75 Å². The normalized spacial score (nSPS) is 13.0. The molecule has 0 aliphatic heterocycles. The molecule has 11 heavy (non-hydrogen) atoms. The van der Waals surface area contributed by atoms with E-state index in [0.717, 1.165) is 12.1 Å². The highest BCUT2D eigenvalue weighted by Gasteiger charge is 2.06. The molecule has 0 bridgehead atoms. The molecule has 2 N–H and O–H groups in total. The average molecular weight is 157 g/mol. The summed E-state index contributed by atoms with van der Waals surface area (Å²) in [6.07, 6.45) is 0. The van der Waals surface area contributed by atoms with E-state index >= 15 is 0 Å². The number of hydrogen-bond acceptors (Lipinski definition) is 2. The van der Waals surface area contributed by atoms with Gasteiger partial charge < -0.3 is 15.4 Å². The molecular weight excluding hydrogens is 149 g/mol. The highest BCUT2D eigenvalue weighted by atomic mass is 19.1. The molecule has 1 unspecified atom stereocenters. The first-order chi connectivity index (χ1) is 5.11. The molecule has 0 spiro atoms. The first kappa shape index (κ1) is 7.97. The van der Waals surface area contributed by atoms with Crippen molar-refractivity contribution in [1.29, 1.82) is 0 Å². The number of rotatable bonds is 1. The molecule has 0 saturated heterocycles. The lowest BCUT2D eigenvalue weighted by Crippen LogP contribution is -2.98. The highest BCUT2D eigenvalue weighted by molar-refractivity contribution is 5.38. The number of halogens is 1. The van der Waals surface area contributed by atoms with Crippen LogP contribution in [-0.2, 0) is 0 Å². The summed E-state index contributed by atoms with van der Waals surface area (Å²) < 4.78 is 12.7. The summed E-state index contributed by atoms with van der Waals surface area (Å²) in [5.41, 5.74) is -0.0787. The lowest BCUT2D eigenvalue weighted by molar-refractivity contribution is -0.752. The van der Waals surface area contributed by atoms with Crippen LogP contribution in [0.15, 0.2) is 18.2 Å². The Morgan fingerprint density at radius 3 is 2.64 bits per heavy atom. The lowest BCUT2D eigenvalue weighted by Gasteiger charge is -2.15. The molecule has 0 heterocycles. The summed E-state index contributed by atoms with van der Waals surface area (Å²) in [4.78, 5) is 0. The quantitative estimate of drug-likeness (QED) is 0.571. The summed E-state index contributed by atoms with van der Waals surface area (Å²) in [5, 5.41) is 19.1. The van der Waals surface area contributed by atoms with E-state index in [4.69, 9.17) is 5.11 Å². The van der Waals surface area contributed by atoms with Crippen molar-refractivity contribution < 1.29 is 14.6 Å². The van der Waals surface area contributed by atoms with E-state index in [1.54, 1.807) is 0 Å². The number of benzene rings is 1. The van der Waals surface area contributed by atoms with Gasteiger partial charge in [0.15, 0.2) is 11.5 Å². The summed E-state index contributed by atoms with van der Waals surface area (Å²) in [7, 11) is 1.25. The molecule has 60 valence electrons. The summed E-state index contributed by atoms with van der Waals surface area (Å²) in [6.45, 7) is 0. The van der Waals surface area contributed by atoms with Gasteiger partial charge >= 0.3 is 0 Å². The molecule has 0 aliphatic carbocycles. The molecule has 0 aliphatic rings. The van der Waals surface area contributed by atoms with Crippen molar-refractivity contribution >= 4 is 5.69 Å². The van der Waals surface area contributed by atoms with Gasteiger partial charge in [-0.25, -0.2) is 4.39 Å². The fraction of sp³-hybridized carbons (Fsp3) is 0.143. The van der Waals surface area contributed by atoms with Crippen LogP contribution in [0.5, 0.6) is 5.75 Å². The number of phenolic OH excluding ortho intramolecular Hbond substituents is 1. The van der Waals surface area contributed by atoms with Gasteiger partial charge in [-0.15, -0.1) is 0 Å². The molecule has 0 fully saturated rings. The van der Waals surface area contributed by atoms with Crippen molar-refractivity contribution in [2.45, 2.75) is 0 Å². The van der Waals surface area contributed by atoms with Crippen LogP contribution in [0.25, 0.3) is 0 Å². The SMILES string of the molecule is C[NH+]([O-])c1cc(O)ccc1F. The van der Waals surface area contributed by atoms with Gasteiger partial charge in [-0.2, -0.15) is 0 Å². The van der Waals surface area contributed by atoms with E-state index in [9.17, 15) is 9.60 Å². The lowest BCUT2D eigenvalue weighted by atomic mass is 10.3. The van der Waals surface area contributed by atoms with Gasteiger partial charge in [0, 0.05) is 6.07 Å².